The van der Waals surface area contributed by atoms with E-state index in [2.05, 4.69) is 39.3 Å². The molecule has 0 bridgehead atoms. The summed E-state index contributed by atoms with van der Waals surface area (Å²) in [6.45, 7) is 2.09. The average Bonchev–Trinajstić information content (AvgIpc) is 3.38. The molecule has 5 rings (SSSR count). The number of aromatic amines is 1. The van der Waals surface area contributed by atoms with Crippen molar-refractivity contribution in [2.45, 2.75) is 13.0 Å². The Balaban J connectivity index is 1.49. The topological polar surface area (TPSA) is 70.7 Å². The first-order valence-electron chi connectivity index (χ1n) is 9.37. The Kier molecular flexibility index (Phi) is 4.33. The Bertz CT molecular complexity index is 1290. The van der Waals surface area contributed by atoms with Crippen molar-refractivity contribution in [2.75, 3.05) is 5.32 Å². The van der Waals surface area contributed by atoms with Crippen LogP contribution in [0.1, 0.15) is 33.9 Å². The molecular formula is C23H18N4OS. The van der Waals surface area contributed by atoms with Crippen LogP contribution in [0.3, 0.4) is 0 Å². The molecule has 2 N–H and O–H groups in total. The number of rotatable bonds is 5. The van der Waals surface area contributed by atoms with Crippen molar-refractivity contribution in [1.29, 1.82) is 0 Å². The van der Waals surface area contributed by atoms with Crippen LogP contribution < -0.4 is 5.32 Å². The van der Waals surface area contributed by atoms with Gasteiger partial charge in [0, 0.05) is 16.9 Å². The quantitative estimate of drug-likeness (QED) is 0.379. The number of hydrogen-bond donors (Lipinski definition) is 2. The highest BCUT2D eigenvalue weighted by atomic mass is 32.1. The molecule has 29 heavy (non-hydrogen) atoms. The number of para-hydroxylation sites is 1. The van der Waals surface area contributed by atoms with Crippen molar-refractivity contribution in [3.05, 3.63) is 89.2 Å². The van der Waals surface area contributed by atoms with Crippen LogP contribution in [-0.2, 0) is 0 Å². The Morgan fingerprint density at radius 3 is 2.66 bits per heavy atom. The van der Waals surface area contributed by atoms with Crippen molar-refractivity contribution in [3.8, 4) is 0 Å². The third kappa shape index (κ3) is 3.28. The lowest BCUT2D eigenvalue weighted by Crippen LogP contribution is -2.08. The van der Waals surface area contributed by atoms with Gasteiger partial charge in [0.25, 0.3) is 0 Å². The van der Waals surface area contributed by atoms with Gasteiger partial charge in [-0.2, -0.15) is 0 Å². The first kappa shape index (κ1) is 17.6. The molecule has 5 aromatic rings. The average molecular weight is 398 g/mol. The van der Waals surface area contributed by atoms with Crippen molar-refractivity contribution in [1.82, 2.24) is 15.0 Å². The van der Waals surface area contributed by atoms with E-state index < -0.39 is 0 Å². The summed E-state index contributed by atoms with van der Waals surface area (Å²) < 4.78 is 0. The number of carbonyl (C=O) groups excluding carboxylic acids is 1. The zero-order valence-electron chi connectivity index (χ0n) is 15.7. The molecule has 2 aromatic carbocycles. The lowest BCUT2D eigenvalue weighted by atomic mass is 10.1. The third-order valence-corrected chi connectivity index (χ3v) is 6.02. The van der Waals surface area contributed by atoms with Crippen LogP contribution >= 0.6 is 11.3 Å². The molecule has 0 fully saturated rings. The van der Waals surface area contributed by atoms with Gasteiger partial charge in [-0.05, 0) is 30.7 Å². The summed E-state index contributed by atoms with van der Waals surface area (Å²) in [6.07, 6.45) is 1.54. The number of fused-ring (bicyclic) bond motifs is 2. The molecule has 142 valence electrons. The Hall–Kier alpha value is -3.51. The summed E-state index contributed by atoms with van der Waals surface area (Å²) in [5.41, 5.74) is 2.71. The van der Waals surface area contributed by atoms with Gasteiger partial charge in [0.15, 0.2) is 0 Å². The Labute approximate surface area is 171 Å². The summed E-state index contributed by atoms with van der Waals surface area (Å²) in [4.78, 5) is 26.5. The first-order chi connectivity index (χ1) is 14.2. The normalized spacial score (nSPS) is 12.3. The van der Waals surface area contributed by atoms with Crippen LogP contribution in [0.5, 0.6) is 0 Å². The summed E-state index contributed by atoms with van der Waals surface area (Å²) in [7, 11) is 0. The number of ketones is 1. The van der Waals surface area contributed by atoms with Crippen LogP contribution in [0.25, 0.3) is 21.1 Å². The van der Waals surface area contributed by atoms with E-state index in [4.69, 9.17) is 0 Å². The van der Waals surface area contributed by atoms with Gasteiger partial charge in [-0.15, -0.1) is 11.3 Å². The molecule has 0 aliphatic heterocycles. The number of hydrogen-bond acceptors (Lipinski definition) is 5. The highest BCUT2D eigenvalue weighted by molar-refractivity contribution is 7.20. The van der Waals surface area contributed by atoms with Gasteiger partial charge >= 0.3 is 0 Å². The fourth-order valence-electron chi connectivity index (χ4n) is 3.44. The number of aromatic nitrogens is 3. The van der Waals surface area contributed by atoms with E-state index in [9.17, 15) is 4.79 Å². The van der Waals surface area contributed by atoms with Gasteiger partial charge in [0.05, 0.1) is 16.0 Å². The molecule has 0 aliphatic carbocycles. The van der Waals surface area contributed by atoms with Crippen molar-refractivity contribution >= 4 is 44.1 Å². The maximum atomic E-state index is 13.1. The number of nitrogens with one attached hydrogen (secondary N) is 2. The van der Waals surface area contributed by atoms with E-state index >= 15 is 0 Å². The van der Waals surface area contributed by atoms with Gasteiger partial charge in [0.1, 0.15) is 17.0 Å². The van der Waals surface area contributed by atoms with Crippen LogP contribution in [-0.4, -0.2) is 20.7 Å². The molecule has 3 aromatic heterocycles. The van der Waals surface area contributed by atoms with Crippen LogP contribution in [0.2, 0.25) is 0 Å². The van der Waals surface area contributed by atoms with Crippen molar-refractivity contribution < 1.29 is 4.79 Å². The Morgan fingerprint density at radius 1 is 1.03 bits per heavy atom. The monoisotopic (exact) mass is 398 g/mol. The molecule has 0 saturated carbocycles. The molecule has 0 radical (unpaired) electrons. The molecule has 1 atom stereocenters. The van der Waals surface area contributed by atoms with Gasteiger partial charge in [-0.1, -0.05) is 48.5 Å². The lowest BCUT2D eigenvalue weighted by Gasteiger charge is -2.15. The molecule has 5 nitrogen and oxygen atoms in total. The molecular weight excluding hydrogens is 380 g/mol. The van der Waals surface area contributed by atoms with Gasteiger partial charge in [0.2, 0.25) is 5.78 Å². The van der Waals surface area contributed by atoms with E-state index in [1.807, 2.05) is 54.6 Å². The minimum absolute atomic E-state index is 0.0359. The third-order valence-electron chi connectivity index (χ3n) is 4.98. The number of thiophene rings is 1. The van der Waals surface area contributed by atoms with Crippen LogP contribution in [0.15, 0.2) is 73.1 Å². The standard InChI is InChI=1S/C23H18N4OS/c1-14(15-7-3-2-4-8-15)26-22-17-12-20(29-23(17)25-13-24-22)21(28)19-11-16-9-5-6-10-18(16)27-19/h2-14,27H,1H3,(H,24,25,26)/t14-/m1/s1. The van der Waals surface area contributed by atoms with Crippen LogP contribution in [0.4, 0.5) is 5.82 Å². The molecule has 0 saturated heterocycles. The zero-order chi connectivity index (χ0) is 19.8. The Morgan fingerprint density at radius 2 is 1.83 bits per heavy atom. The molecule has 0 spiro atoms. The SMILES string of the molecule is C[C@@H](Nc1ncnc2sc(C(=O)c3cc4ccccc4[nH]3)cc12)c1ccccc1. The van der Waals surface area contributed by atoms with E-state index in [0.717, 1.165) is 26.9 Å². The van der Waals surface area contributed by atoms with E-state index in [1.54, 1.807) is 0 Å². The van der Waals surface area contributed by atoms with E-state index in [0.29, 0.717) is 10.6 Å². The van der Waals surface area contributed by atoms with Gasteiger partial charge in [-0.3, -0.25) is 4.79 Å². The minimum atomic E-state index is -0.0359. The molecule has 0 amide bonds. The number of carbonyl (C=O) groups is 1. The fourth-order valence-corrected chi connectivity index (χ4v) is 4.39. The minimum Gasteiger partial charge on any atom is -0.363 e. The first-order valence-corrected chi connectivity index (χ1v) is 10.2. The van der Waals surface area contributed by atoms with Gasteiger partial charge in [-0.25, -0.2) is 9.97 Å². The largest absolute Gasteiger partial charge is 0.363 e. The second-order valence-corrected chi connectivity index (χ2v) is 7.96. The number of nitrogens with zero attached hydrogens (tertiary/aromatic N) is 2. The summed E-state index contributed by atoms with van der Waals surface area (Å²) >= 11 is 1.39. The summed E-state index contributed by atoms with van der Waals surface area (Å²) in [6, 6.07) is 21.9. The summed E-state index contributed by atoms with van der Waals surface area (Å²) in [5.74, 6) is 0.699. The number of anilines is 1. The smallest absolute Gasteiger partial charge is 0.219 e. The predicted molar refractivity (Wildman–Crippen MR) is 118 cm³/mol. The highest BCUT2D eigenvalue weighted by Gasteiger charge is 2.18. The number of benzene rings is 2. The van der Waals surface area contributed by atoms with Crippen molar-refractivity contribution in [3.63, 3.8) is 0 Å². The predicted octanol–water partition coefficient (Wildman–Crippen LogP) is 5.58. The second kappa shape index (κ2) is 7.14. The van der Waals surface area contributed by atoms with Crippen molar-refractivity contribution in [2.24, 2.45) is 0 Å². The zero-order valence-corrected chi connectivity index (χ0v) is 16.5. The maximum absolute atomic E-state index is 13.1. The molecule has 6 heteroatoms. The number of H-pyrrole nitrogens is 1. The van der Waals surface area contributed by atoms with E-state index in [1.165, 1.54) is 23.2 Å². The summed E-state index contributed by atoms with van der Waals surface area (Å²) in [5, 5.41) is 5.34. The molecule has 0 aliphatic rings. The fraction of sp³-hybridized carbons (Fsp3) is 0.0870. The molecule has 3 heterocycles. The molecule has 0 unspecified atom stereocenters. The second-order valence-electron chi connectivity index (χ2n) is 6.93. The van der Waals surface area contributed by atoms with E-state index in [-0.39, 0.29) is 11.8 Å². The maximum Gasteiger partial charge on any atom is 0.219 e. The lowest BCUT2D eigenvalue weighted by molar-refractivity contribution is 0.103. The van der Waals surface area contributed by atoms with Crippen LogP contribution in [0, 0.1) is 0 Å². The highest BCUT2D eigenvalue weighted by Crippen LogP contribution is 2.31. The van der Waals surface area contributed by atoms with Gasteiger partial charge < -0.3 is 10.3 Å².